The van der Waals surface area contributed by atoms with Crippen LogP contribution in [0.25, 0.3) is 45.6 Å². The number of ketones is 2. The molecule has 0 aromatic carbocycles. The molecule has 234 valence electrons. The van der Waals surface area contributed by atoms with E-state index in [9.17, 15) is 9.59 Å². The van der Waals surface area contributed by atoms with E-state index >= 15 is 0 Å². The quantitative estimate of drug-likeness (QED) is 0.0796. The minimum absolute atomic E-state index is 0.0488. The summed E-state index contributed by atoms with van der Waals surface area (Å²) in [5.41, 5.74) is 5.75. The Bertz CT molecular complexity index is 1630. The second-order valence-electron chi connectivity index (χ2n) is 11.3. The van der Waals surface area contributed by atoms with Crippen LogP contribution < -0.4 is 0 Å². The largest absolute Gasteiger partial charge is 0.292 e. The second-order valence-corrected chi connectivity index (χ2v) is 11.3. The van der Waals surface area contributed by atoms with Gasteiger partial charge in [-0.2, -0.15) is 0 Å². The van der Waals surface area contributed by atoms with Gasteiger partial charge in [-0.3, -0.25) is 9.59 Å². The van der Waals surface area contributed by atoms with Gasteiger partial charge >= 0.3 is 0 Å². The van der Waals surface area contributed by atoms with Crippen molar-refractivity contribution in [2.24, 2.45) is 0 Å². The monoisotopic (exact) mass is 613 g/mol. The molecule has 0 bridgehead atoms. The van der Waals surface area contributed by atoms with E-state index in [-0.39, 0.29) is 11.6 Å². The van der Waals surface area contributed by atoms with Crippen molar-refractivity contribution in [1.29, 1.82) is 0 Å². The molecule has 5 aromatic rings. The molecule has 0 radical (unpaired) electrons. The fourth-order valence-corrected chi connectivity index (χ4v) is 5.08. The summed E-state index contributed by atoms with van der Waals surface area (Å²) in [6.45, 7) is 4.31. The van der Waals surface area contributed by atoms with Crippen LogP contribution in [0.15, 0.2) is 78.9 Å². The maximum atomic E-state index is 12.6. The van der Waals surface area contributed by atoms with Crippen LogP contribution in [0.4, 0.5) is 0 Å². The Balaban J connectivity index is 1.26. The smallest absolute Gasteiger partial charge is 0.181 e. The van der Waals surface area contributed by atoms with Crippen LogP contribution in [-0.4, -0.2) is 46.9 Å². The van der Waals surface area contributed by atoms with Gasteiger partial charge in [0.2, 0.25) is 0 Å². The predicted molar refractivity (Wildman–Crippen MR) is 179 cm³/mol. The molecule has 46 heavy (non-hydrogen) atoms. The lowest BCUT2D eigenvalue weighted by Crippen LogP contribution is -2.04. The summed E-state index contributed by atoms with van der Waals surface area (Å²) in [6, 6.07) is 23.8. The van der Waals surface area contributed by atoms with Gasteiger partial charge < -0.3 is 0 Å². The SMILES string of the molecule is CCCCCCC(=O)c1cccc(-c2ccc(-c3cccc(-c4ccc(-c5cccc(C(=O)CCCCCC)n5)nn4)n3)nn2)n1. The molecule has 0 unspecified atom stereocenters. The molecule has 0 atom stereocenters. The molecule has 0 aliphatic heterocycles. The van der Waals surface area contributed by atoms with E-state index in [0.29, 0.717) is 69.8 Å². The van der Waals surface area contributed by atoms with Gasteiger partial charge in [-0.1, -0.05) is 70.6 Å². The summed E-state index contributed by atoms with van der Waals surface area (Å²) in [5, 5.41) is 17.6. The van der Waals surface area contributed by atoms with Crippen LogP contribution >= 0.6 is 0 Å². The molecule has 5 rings (SSSR count). The number of Topliss-reactive ketones (excluding diaryl/α,β-unsaturated/α-hetero) is 2. The third-order valence-corrected chi connectivity index (χ3v) is 7.71. The maximum Gasteiger partial charge on any atom is 0.181 e. The van der Waals surface area contributed by atoms with Crippen molar-refractivity contribution in [2.45, 2.75) is 78.1 Å². The van der Waals surface area contributed by atoms with Crippen molar-refractivity contribution in [2.75, 3.05) is 0 Å². The van der Waals surface area contributed by atoms with Gasteiger partial charge in [0.1, 0.15) is 34.2 Å². The van der Waals surface area contributed by atoms with Crippen LogP contribution in [0.1, 0.15) is 99.0 Å². The van der Waals surface area contributed by atoms with Gasteiger partial charge in [0.05, 0.1) is 22.8 Å². The number of hydrogen-bond donors (Lipinski definition) is 0. The van der Waals surface area contributed by atoms with Crippen LogP contribution in [0, 0.1) is 0 Å². The summed E-state index contributed by atoms with van der Waals surface area (Å²) in [5.74, 6) is 0.0976. The van der Waals surface area contributed by atoms with Crippen molar-refractivity contribution in [1.82, 2.24) is 35.3 Å². The first-order valence-corrected chi connectivity index (χ1v) is 16.2. The molecule has 0 N–H and O–H groups in total. The van der Waals surface area contributed by atoms with Crippen molar-refractivity contribution in [3.63, 3.8) is 0 Å². The standard InChI is InChI=1S/C37H39N7O2/c1-3-5-7-9-20-36(45)34-18-12-16-28(39-34)32-24-22-30(41-43-32)26-14-11-15-27(38-26)31-23-25-33(44-42-31)29-17-13-19-35(40-29)37(46)21-10-8-6-4-2/h11-19,22-25H,3-10,20-21H2,1-2H3. The normalized spacial score (nSPS) is 11.0. The zero-order valence-corrected chi connectivity index (χ0v) is 26.5. The Morgan fingerprint density at radius 3 is 1.11 bits per heavy atom. The summed E-state index contributed by atoms with van der Waals surface area (Å²) in [4.78, 5) is 39.1. The van der Waals surface area contributed by atoms with Gasteiger partial charge in [0.15, 0.2) is 11.6 Å². The Kier molecular flexibility index (Phi) is 11.5. The van der Waals surface area contributed by atoms with Gasteiger partial charge in [0.25, 0.3) is 0 Å². The van der Waals surface area contributed by atoms with E-state index in [4.69, 9.17) is 4.98 Å². The molecule has 0 fully saturated rings. The number of carbonyl (C=O) groups excluding carboxylic acids is 2. The lowest BCUT2D eigenvalue weighted by atomic mass is 10.1. The highest BCUT2D eigenvalue weighted by molar-refractivity contribution is 5.95. The van der Waals surface area contributed by atoms with E-state index in [1.165, 1.54) is 0 Å². The van der Waals surface area contributed by atoms with Gasteiger partial charge in [0, 0.05) is 12.8 Å². The second kappa shape index (κ2) is 16.3. The number of unbranched alkanes of at least 4 members (excludes halogenated alkanes) is 6. The number of rotatable bonds is 16. The summed E-state index contributed by atoms with van der Waals surface area (Å²) in [7, 11) is 0. The molecule has 5 heterocycles. The number of carbonyl (C=O) groups is 2. The molecule has 0 aliphatic rings. The molecule has 0 saturated carbocycles. The Labute approximate surface area is 270 Å². The van der Waals surface area contributed by atoms with Crippen molar-refractivity contribution >= 4 is 11.6 Å². The third kappa shape index (κ3) is 8.56. The molecule has 0 aliphatic carbocycles. The summed E-state index contributed by atoms with van der Waals surface area (Å²) < 4.78 is 0. The lowest BCUT2D eigenvalue weighted by Gasteiger charge is -2.06. The summed E-state index contributed by atoms with van der Waals surface area (Å²) in [6.07, 6.45) is 9.40. The van der Waals surface area contributed by atoms with E-state index in [1.807, 2.05) is 66.7 Å². The first-order chi connectivity index (χ1) is 22.6. The van der Waals surface area contributed by atoms with E-state index in [2.05, 4.69) is 44.2 Å². The average Bonchev–Trinajstić information content (AvgIpc) is 3.12. The zero-order valence-electron chi connectivity index (χ0n) is 26.5. The lowest BCUT2D eigenvalue weighted by molar-refractivity contribution is 0.0966. The van der Waals surface area contributed by atoms with E-state index in [1.54, 1.807) is 12.1 Å². The molecular weight excluding hydrogens is 574 g/mol. The highest BCUT2D eigenvalue weighted by Gasteiger charge is 2.13. The molecule has 0 amide bonds. The first kappa shape index (κ1) is 32.3. The molecular formula is C37H39N7O2. The minimum Gasteiger partial charge on any atom is -0.292 e. The number of aromatic nitrogens is 7. The molecule has 9 heteroatoms. The van der Waals surface area contributed by atoms with Crippen molar-refractivity contribution < 1.29 is 9.59 Å². The molecule has 9 nitrogen and oxygen atoms in total. The number of hydrogen-bond acceptors (Lipinski definition) is 9. The molecule has 5 aromatic heterocycles. The van der Waals surface area contributed by atoms with Crippen LogP contribution in [0.3, 0.4) is 0 Å². The zero-order chi connectivity index (χ0) is 32.1. The first-order valence-electron chi connectivity index (χ1n) is 16.2. The Hall–Kier alpha value is -5.05. The van der Waals surface area contributed by atoms with Gasteiger partial charge in [-0.25, -0.2) is 15.0 Å². The van der Waals surface area contributed by atoms with Gasteiger partial charge in [-0.05, 0) is 73.5 Å². The number of pyridine rings is 3. The van der Waals surface area contributed by atoms with Crippen LogP contribution in [-0.2, 0) is 0 Å². The van der Waals surface area contributed by atoms with E-state index < -0.39 is 0 Å². The molecule has 0 spiro atoms. The Morgan fingerprint density at radius 2 is 0.761 bits per heavy atom. The topological polar surface area (TPSA) is 124 Å². The van der Waals surface area contributed by atoms with Crippen molar-refractivity contribution in [3.8, 4) is 45.6 Å². The fraction of sp³-hybridized carbons (Fsp3) is 0.324. The average molecular weight is 614 g/mol. The van der Waals surface area contributed by atoms with Gasteiger partial charge in [-0.15, -0.1) is 20.4 Å². The van der Waals surface area contributed by atoms with Crippen molar-refractivity contribution in [3.05, 3.63) is 90.3 Å². The number of nitrogens with zero attached hydrogens (tertiary/aromatic N) is 7. The predicted octanol–water partition coefficient (Wildman–Crippen LogP) is 8.43. The van der Waals surface area contributed by atoms with E-state index in [0.717, 1.165) is 51.4 Å². The highest BCUT2D eigenvalue weighted by atomic mass is 16.1. The molecule has 0 saturated heterocycles. The van der Waals surface area contributed by atoms with Crippen LogP contribution in [0.2, 0.25) is 0 Å². The minimum atomic E-state index is 0.0488. The highest BCUT2D eigenvalue weighted by Crippen LogP contribution is 2.23. The van der Waals surface area contributed by atoms with Crippen LogP contribution in [0.5, 0.6) is 0 Å². The Morgan fingerprint density at radius 1 is 0.413 bits per heavy atom. The third-order valence-electron chi connectivity index (χ3n) is 7.71. The summed E-state index contributed by atoms with van der Waals surface area (Å²) >= 11 is 0. The fourth-order valence-electron chi connectivity index (χ4n) is 5.08. The maximum absolute atomic E-state index is 12.6.